The molecule has 0 radical (unpaired) electrons. The Labute approximate surface area is 160 Å². The van der Waals surface area contributed by atoms with Crippen molar-refractivity contribution in [2.75, 3.05) is 13.1 Å². The molecule has 0 aromatic carbocycles. The van der Waals surface area contributed by atoms with E-state index in [1.807, 2.05) is 0 Å². The Hall–Kier alpha value is -3.24. The number of aromatic nitrogens is 1. The van der Waals surface area contributed by atoms with Gasteiger partial charge in [-0.15, -0.1) is 0 Å². The zero-order valence-corrected chi connectivity index (χ0v) is 15.1. The van der Waals surface area contributed by atoms with Crippen LogP contribution in [0.1, 0.15) is 42.6 Å². The van der Waals surface area contributed by atoms with Gasteiger partial charge in [-0.3, -0.25) is 14.6 Å². The number of pyridine rings is 1. The Balaban J connectivity index is 2.14. The first-order chi connectivity index (χ1) is 13.3. The number of urea groups is 1. The van der Waals surface area contributed by atoms with Crippen LogP contribution in [0.2, 0.25) is 0 Å². The summed E-state index contributed by atoms with van der Waals surface area (Å²) in [7, 11) is 0. The minimum atomic E-state index is -1.31. The molecule has 0 bridgehead atoms. The number of unbranched alkanes of at least 4 members (excludes halogenated alkanes) is 2. The minimum Gasteiger partial charge on any atom is -0.481 e. The Morgan fingerprint density at radius 1 is 1.07 bits per heavy atom. The number of carboxylic acid groups (broad SMARTS) is 2. The molecule has 3 amide bonds. The van der Waals surface area contributed by atoms with Crippen molar-refractivity contribution in [1.82, 2.24) is 20.9 Å². The zero-order chi connectivity index (χ0) is 20.9. The summed E-state index contributed by atoms with van der Waals surface area (Å²) in [6, 6.07) is 0.217. The highest BCUT2D eigenvalue weighted by atomic mass is 18.2. The molecule has 1 heterocycles. The lowest BCUT2D eigenvalue weighted by Gasteiger charge is -2.14. The highest BCUT2D eigenvalue weighted by Crippen LogP contribution is 2.00. The van der Waals surface area contributed by atoms with Gasteiger partial charge >= 0.3 is 18.0 Å². The molecule has 1 rings (SSSR count). The number of carbonyl (C=O) groups excluding carboxylic acids is 2. The van der Waals surface area contributed by atoms with Crippen molar-refractivity contribution in [3.05, 3.63) is 29.8 Å². The highest BCUT2D eigenvalue weighted by molar-refractivity contribution is 5.92. The number of nitrogens with zero attached hydrogens (tertiary/aromatic N) is 1. The van der Waals surface area contributed by atoms with Crippen LogP contribution in [0.15, 0.2) is 18.3 Å². The minimum absolute atomic E-state index is 0.00535. The van der Waals surface area contributed by atoms with E-state index >= 15 is 0 Å². The lowest BCUT2D eigenvalue weighted by Crippen LogP contribution is -2.46. The van der Waals surface area contributed by atoms with E-state index < -0.39 is 35.7 Å². The van der Waals surface area contributed by atoms with Crippen LogP contribution in [0.4, 0.5) is 9.18 Å². The number of hydrogen-bond acceptors (Lipinski definition) is 5. The Kier molecular flexibility index (Phi) is 9.94. The lowest BCUT2D eigenvalue weighted by molar-refractivity contribution is -0.140. The first-order valence-electron chi connectivity index (χ1n) is 8.68. The summed E-state index contributed by atoms with van der Waals surface area (Å²) in [6.07, 6.45) is 2.53. The number of carbonyl (C=O) groups is 4. The Bertz CT molecular complexity index is 700. The van der Waals surface area contributed by atoms with E-state index in [1.54, 1.807) is 0 Å². The smallest absolute Gasteiger partial charge is 0.326 e. The van der Waals surface area contributed by atoms with Crippen LogP contribution in [-0.2, 0) is 9.59 Å². The molecule has 0 aliphatic carbocycles. The summed E-state index contributed by atoms with van der Waals surface area (Å²) in [5.41, 5.74) is -0.00535. The molecule has 0 aliphatic rings. The molecule has 154 valence electrons. The molecule has 1 aromatic rings. The predicted molar refractivity (Wildman–Crippen MR) is 95.2 cm³/mol. The molecule has 0 unspecified atom stereocenters. The standard InChI is InChI=1S/C17H23FN4O6/c18-11-6-9-19-13(10-11)15(25)20-7-2-1-3-8-21-17(28)22-12(16(26)27)4-5-14(23)24/h6,9-10,12H,1-5,7-8H2,(H,20,25)(H,23,24)(H,26,27)(H2,21,22,28)/t12-/m0/s1/i18-1. The van der Waals surface area contributed by atoms with E-state index in [-0.39, 0.29) is 25.1 Å². The van der Waals surface area contributed by atoms with E-state index in [9.17, 15) is 23.6 Å². The lowest BCUT2D eigenvalue weighted by atomic mass is 10.1. The molecule has 5 N–H and O–H groups in total. The first kappa shape index (κ1) is 22.8. The van der Waals surface area contributed by atoms with Gasteiger partial charge in [-0.1, -0.05) is 0 Å². The molecule has 0 aliphatic heterocycles. The molecule has 0 saturated heterocycles. The Morgan fingerprint density at radius 3 is 2.36 bits per heavy atom. The normalized spacial score (nSPS) is 11.3. The number of halogens is 1. The summed E-state index contributed by atoms with van der Waals surface area (Å²) in [6.45, 7) is 0.649. The summed E-state index contributed by atoms with van der Waals surface area (Å²) < 4.78 is 13.0. The fraction of sp³-hybridized carbons (Fsp3) is 0.471. The topological polar surface area (TPSA) is 158 Å². The van der Waals surface area contributed by atoms with Crippen LogP contribution in [-0.4, -0.2) is 58.2 Å². The third kappa shape index (κ3) is 9.46. The molecule has 11 heteroatoms. The van der Waals surface area contributed by atoms with Gasteiger partial charge in [0.15, 0.2) is 0 Å². The van der Waals surface area contributed by atoms with E-state index in [2.05, 4.69) is 20.9 Å². The maximum Gasteiger partial charge on any atom is 0.326 e. The number of nitrogens with one attached hydrogen (secondary N) is 3. The van der Waals surface area contributed by atoms with Gasteiger partial charge in [-0.05, 0) is 31.7 Å². The molecule has 0 saturated carbocycles. The van der Waals surface area contributed by atoms with Crippen LogP contribution in [0.5, 0.6) is 0 Å². The van der Waals surface area contributed by atoms with Gasteiger partial charge in [-0.2, -0.15) is 0 Å². The summed E-state index contributed by atoms with van der Waals surface area (Å²) >= 11 is 0. The van der Waals surface area contributed by atoms with Crippen molar-refractivity contribution >= 4 is 23.9 Å². The maximum atomic E-state index is 13.0. The molecule has 10 nitrogen and oxygen atoms in total. The van der Waals surface area contributed by atoms with Crippen LogP contribution in [0, 0.1) is 5.82 Å². The van der Waals surface area contributed by atoms with Crippen LogP contribution in [0.25, 0.3) is 0 Å². The fourth-order valence-corrected chi connectivity index (χ4v) is 2.18. The van der Waals surface area contributed by atoms with Crippen molar-refractivity contribution < 1.29 is 33.8 Å². The second kappa shape index (κ2) is 12.2. The average molecular weight is 397 g/mol. The number of aliphatic carboxylic acids is 2. The second-order valence-electron chi connectivity index (χ2n) is 5.90. The monoisotopic (exact) mass is 397 g/mol. The molecule has 0 fully saturated rings. The van der Waals surface area contributed by atoms with E-state index in [0.29, 0.717) is 25.8 Å². The molecular weight excluding hydrogens is 374 g/mol. The summed E-state index contributed by atoms with van der Waals surface area (Å²) in [5.74, 6) is -3.47. The maximum absolute atomic E-state index is 13.0. The van der Waals surface area contributed by atoms with Gasteiger partial charge in [0.2, 0.25) is 0 Å². The first-order valence-corrected chi connectivity index (χ1v) is 8.68. The van der Waals surface area contributed by atoms with Gasteiger partial charge in [-0.25, -0.2) is 14.0 Å². The van der Waals surface area contributed by atoms with Gasteiger partial charge in [0.25, 0.3) is 5.91 Å². The van der Waals surface area contributed by atoms with Gasteiger partial charge in [0.1, 0.15) is 17.6 Å². The van der Waals surface area contributed by atoms with Gasteiger partial charge < -0.3 is 26.2 Å². The second-order valence-corrected chi connectivity index (χ2v) is 5.90. The summed E-state index contributed by atoms with van der Waals surface area (Å²) in [5, 5.41) is 24.8. The Morgan fingerprint density at radius 2 is 1.75 bits per heavy atom. The van der Waals surface area contributed by atoms with E-state index in [4.69, 9.17) is 10.2 Å². The highest BCUT2D eigenvalue weighted by Gasteiger charge is 2.20. The van der Waals surface area contributed by atoms with E-state index in [1.165, 1.54) is 6.20 Å². The van der Waals surface area contributed by atoms with Crippen molar-refractivity contribution in [1.29, 1.82) is 0 Å². The number of hydrogen-bond donors (Lipinski definition) is 5. The number of amides is 3. The largest absolute Gasteiger partial charge is 0.481 e. The van der Waals surface area contributed by atoms with Crippen LogP contribution >= 0.6 is 0 Å². The summed E-state index contributed by atoms with van der Waals surface area (Å²) in [4.78, 5) is 48.6. The van der Waals surface area contributed by atoms with Gasteiger partial charge in [0, 0.05) is 31.8 Å². The van der Waals surface area contributed by atoms with E-state index in [0.717, 1.165) is 12.1 Å². The number of carboxylic acids is 2. The third-order valence-corrected chi connectivity index (χ3v) is 3.63. The predicted octanol–water partition coefficient (Wildman–Crippen LogP) is 0.738. The number of rotatable bonds is 12. The molecular formula is C17H23FN4O6. The van der Waals surface area contributed by atoms with Crippen molar-refractivity contribution in [2.45, 2.75) is 38.1 Å². The molecule has 1 aromatic heterocycles. The molecule has 1 atom stereocenters. The molecule has 0 spiro atoms. The average Bonchev–Trinajstić information content (AvgIpc) is 2.63. The molecule has 28 heavy (non-hydrogen) atoms. The van der Waals surface area contributed by atoms with Crippen molar-refractivity contribution in [2.24, 2.45) is 0 Å². The SMILES string of the molecule is O=C(O)CC[C@H](NC(=O)NCCCCCNC(=O)c1cc([18F])ccn1)C(=O)O. The van der Waals surface area contributed by atoms with Crippen molar-refractivity contribution in [3.8, 4) is 0 Å². The fourth-order valence-electron chi connectivity index (χ4n) is 2.18. The zero-order valence-electron chi connectivity index (χ0n) is 15.1. The van der Waals surface area contributed by atoms with Crippen LogP contribution < -0.4 is 16.0 Å². The van der Waals surface area contributed by atoms with Crippen LogP contribution in [0.3, 0.4) is 0 Å². The third-order valence-electron chi connectivity index (χ3n) is 3.63. The quantitative estimate of drug-likeness (QED) is 0.325. The van der Waals surface area contributed by atoms with Crippen molar-refractivity contribution in [3.63, 3.8) is 0 Å². The van der Waals surface area contributed by atoms with Gasteiger partial charge in [0.05, 0.1) is 0 Å².